The zero-order chi connectivity index (χ0) is 13.3. The van der Waals surface area contributed by atoms with E-state index in [1.807, 2.05) is 13.8 Å². The molecule has 0 aliphatic heterocycles. The first kappa shape index (κ1) is 16.1. The molecule has 0 spiro atoms. The molecule has 7 heteroatoms. The maximum Gasteiger partial charge on any atom is 0.332 e. The van der Waals surface area contributed by atoms with Crippen molar-refractivity contribution in [1.29, 1.82) is 0 Å². The summed E-state index contributed by atoms with van der Waals surface area (Å²) in [4.78, 5) is 21.6. The molecule has 0 heterocycles. The summed E-state index contributed by atoms with van der Waals surface area (Å²) in [6.45, 7) is 4.08. The van der Waals surface area contributed by atoms with Crippen molar-refractivity contribution in [2.75, 3.05) is 18.1 Å². The predicted molar refractivity (Wildman–Crippen MR) is 67.3 cm³/mol. The molecule has 0 radical (unpaired) electrons. The van der Waals surface area contributed by atoms with Crippen LogP contribution in [0.5, 0.6) is 0 Å². The number of rotatable bonds is 8. The maximum absolute atomic E-state index is 11.3. The molecular weight excluding hydrogens is 244 g/mol. The zero-order valence-electron chi connectivity index (χ0n) is 10.1. The fourth-order valence-corrected chi connectivity index (χ4v) is 1.73. The lowest BCUT2D eigenvalue weighted by atomic mass is 10.2. The molecular formula is C10H20N2O4S. The summed E-state index contributed by atoms with van der Waals surface area (Å²) in [5.74, 6) is 0.556. The van der Waals surface area contributed by atoms with Crippen molar-refractivity contribution in [1.82, 2.24) is 10.6 Å². The number of thioether (sulfide) groups is 1. The number of hydrogen-bond acceptors (Lipinski definition) is 4. The first-order valence-corrected chi connectivity index (χ1v) is 6.65. The number of amides is 2. The summed E-state index contributed by atoms with van der Waals surface area (Å²) in [5, 5.41) is 22.6. The number of carboxylic acids is 1. The third-order valence-electron chi connectivity index (χ3n) is 1.94. The largest absolute Gasteiger partial charge is 0.479 e. The lowest BCUT2D eigenvalue weighted by molar-refractivity contribution is -0.146. The Morgan fingerprint density at radius 3 is 2.59 bits per heavy atom. The van der Waals surface area contributed by atoms with Gasteiger partial charge in [0.25, 0.3) is 0 Å². The van der Waals surface area contributed by atoms with Gasteiger partial charge < -0.3 is 20.8 Å². The Bertz CT molecular complexity index is 250. The number of hydrogen-bond donors (Lipinski definition) is 4. The maximum atomic E-state index is 11.3. The van der Waals surface area contributed by atoms with Gasteiger partial charge in [0.2, 0.25) is 0 Å². The Labute approximate surface area is 105 Å². The fourth-order valence-electron chi connectivity index (χ4n) is 1.06. The number of urea groups is 1. The van der Waals surface area contributed by atoms with Gasteiger partial charge in [-0.05, 0) is 12.7 Å². The normalized spacial score (nSPS) is 13.8. The van der Waals surface area contributed by atoms with E-state index in [9.17, 15) is 9.59 Å². The van der Waals surface area contributed by atoms with Gasteiger partial charge in [-0.3, -0.25) is 0 Å². The molecule has 17 heavy (non-hydrogen) atoms. The van der Waals surface area contributed by atoms with E-state index in [4.69, 9.17) is 10.2 Å². The summed E-state index contributed by atoms with van der Waals surface area (Å²) in [6, 6.07) is -0.281. The van der Waals surface area contributed by atoms with Gasteiger partial charge in [0.1, 0.15) is 0 Å². The quantitative estimate of drug-likeness (QED) is 0.504. The SMILES string of the molecule is CCSCC(C)NC(=O)NCCC(O)C(=O)O. The molecule has 0 aromatic heterocycles. The second-order valence-electron chi connectivity index (χ2n) is 3.60. The standard InChI is InChI=1S/C10H20N2O4S/c1-3-17-6-7(2)12-10(16)11-5-4-8(13)9(14)15/h7-8,13H,3-6H2,1-2H3,(H,14,15)(H2,11,12,16). The number of carbonyl (C=O) groups excluding carboxylic acids is 1. The van der Waals surface area contributed by atoms with Crippen molar-refractivity contribution < 1.29 is 19.8 Å². The lowest BCUT2D eigenvalue weighted by Crippen LogP contribution is -2.43. The van der Waals surface area contributed by atoms with Crippen molar-refractivity contribution >= 4 is 23.8 Å². The van der Waals surface area contributed by atoms with Gasteiger partial charge in [-0.25, -0.2) is 9.59 Å². The molecule has 6 nitrogen and oxygen atoms in total. The van der Waals surface area contributed by atoms with Crippen LogP contribution in [-0.2, 0) is 4.79 Å². The third kappa shape index (κ3) is 8.82. The monoisotopic (exact) mass is 264 g/mol. The van der Waals surface area contributed by atoms with Crippen LogP contribution in [0.2, 0.25) is 0 Å². The number of carbonyl (C=O) groups is 2. The highest BCUT2D eigenvalue weighted by atomic mass is 32.2. The van der Waals surface area contributed by atoms with Crippen LogP contribution in [0.1, 0.15) is 20.3 Å². The van der Waals surface area contributed by atoms with Crippen LogP contribution in [-0.4, -0.2) is 52.4 Å². The van der Waals surface area contributed by atoms with Gasteiger partial charge in [-0.15, -0.1) is 0 Å². The van der Waals surface area contributed by atoms with Crippen molar-refractivity contribution in [3.8, 4) is 0 Å². The Kier molecular flexibility index (Phi) is 8.61. The van der Waals surface area contributed by atoms with Crippen LogP contribution in [0.25, 0.3) is 0 Å². The molecule has 0 aromatic carbocycles. The van der Waals surface area contributed by atoms with E-state index < -0.39 is 12.1 Å². The Balaban J connectivity index is 3.62. The minimum absolute atomic E-state index is 0.000838. The third-order valence-corrected chi connectivity index (χ3v) is 3.08. The van der Waals surface area contributed by atoms with E-state index >= 15 is 0 Å². The van der Waals surface area contributed by atoms with Crippen molar-refractivity contribution in [3.05, 3.63) is 0 Å². The Morgan fingerprint density at radius 1 is 1.41 bits per heavy atom. The molecule has 0 saturated carbocycles. The topological polar surface area (TPSA) is 98.7 Å². The van der Waals surface area contributed by atoms with Gasteiger partial charge >= 0.3 is 12.0 Å². The van der Waals surface area contributed by atoms with Crippen LogP contribution >= 0.6 is 11.8 Å². The summed E-state index contributed by atoms with van der Waals surface area (Å²) in [7, 11) is 0. The highest BCUT2D eigenvalue weighted by Crippen LogP contribution is 2.00. The molecule has 4 N–H and O–H groups in total. The van der Waals surface area contributed by atoms with Gasteiger partial charge in [0, 0.05) is 24.8 Å². The van der Waals surface area contributed by atoms with Crippen LogP contribution in [0.4, 0.5) is 4.79 Å². The molecule has 0 aliphatic rings. The summed E-state index contributed by atoms with van der Waals surface area (Å²) in [5.41, 5.74) is 0. The van der Waals surface area contributed by atoms with Crippen LogP contribution < -0.4 is 10.6 Å². The predicted octanol–water partition coefficient (Wildman–Crippen LogP) is 0.263. The lowest BCUT2D eigenvalue weighted by Gasteiger charge is -2.14. The Morgan fingerprint density at radius 2 is 2.06 bits per heavy atom. The number of nitrogens with one attached hydrogen (secondary N) is 2. The molecule has 0 aromatic rings. The molecule has 100 valence electrons. The number of aliphatic carboxylic acids is 1. The van der Waals surface area contributed by atoms with E-state index in [1.165, 1.54) is 0 Å². The van der Waals surface area contributed by atoms with E-state index in [1.54, 1.807) is 11.8 Å². The summed E-state index contributed by atoms with van der Waals surface area (Å²) < 4.78 is 0. The second-order valence-corrected chi connectivity index (χ2v) is 4.92. The van der Waals surface area contributed by atoms with Crippen molar-refractivity contribution in [2.24, 2.45) is 0 Å². The molecule has 2 unspecified atom stereocenters. The second kappa shape index (κ2) is 9.12. The molecule has 0 aliphatic carbocycles. The summed E-state index contributed by atoms with van der Waals surface area (Å²) >= 11 is 1.73. The summed E-state index contributed by atoms with van der Waals surface area (Å²) in [6.07, 6.45) is -1.43. The molecule has 2 atom stereocenters. The average Bonchev–Trinajstić information content (AvgIpc) is 2.25. The minimum Gasteiger partial charge on any atom is -0.479 e. The molecule has 2 amide bonds. The van der Waals surface area contributed by atoms with Gasteiger partial charge in [0.05, 0.1) is 0 Å². The number of carboxylic acid groups (broad SMARTS) is 1. The van der Waals surface area contributed by atoms with Crippen LogP contribution in [0, 0.1) is 0 Å². The Hall–Kier alpha value is -0.950. The van der Waals surface area contributed by atoms with Crippen molar-refractivity contribution in [3.63, 3.8) is 0 Å². The molecule has 0 bridgehead atoms. The average molecular weight is 264 g/mol. The van der Waals surface area contributed by atoms with Crippen LogP contribution in [0.15, 0.2) is 0 Å². The first-order valence-electron chi connectivity index (χ1n) is 5.50. The van der Waals surface area contributed by atoms with Crippen LogP contribution in [0.3, 0.4) is 0 Å². The smallest absolute Gasteiger partial charge is 0.332 e. The van der Waals surface area contributed by atoms with Gasteiger partial charge in [0.15, 0.2) is 6.10 Å². The minimum atomic E-state index is -1.43. The highest BCUT2D eigenvalue weighted by Gasteiger charge is 2.13. The molecule has 0 fully saturated rings. The van der Waals surface area contributed by atoms with E-state index in [0.29, 0.717) is 0 Å². The van der Waals surface area contributed by atoms with Crippen molar-refractivity contribution in [2.45, 2.75) is 32.4 Å². The number of aliphatic hydroxyl groups excluding tert-OH is 1. The number of aliphatic hydroxyl groups is 1. The molecule has 0 saturated heterocycles. The molecule has 0 rings (SSSR count). The van der Waals surface area contributed by atoms with E-state index in [0.717, 1.165) is 11.5 Å². The highest BCUT2D eigenvalue weighted by molar-refractivity contribution is 7.99. The fraction of sp³-hybridized carbons (Fsp3) is 0.800. The zero-order valence-corrected chi connectivity index (χ0v) is 10.9. The first-order chi connectivity index (χ1) is 7.97. The van der Waals surface area contributed by atoms with Gasteiger partial charge in [-0.2, -0.15) is 11.8 Å². The van der Waals surface area contributed by atoms with E-state index in [2.05, 4.69) is 10.6 Å². The van der Waals surface area contributed by atoms with E-state index in [-0.39, 0.29) is 25.0 Å². The van der Waals surface area contributed by atoms with Gasteiger partial charge in [-0.1, -0.05) is 6.92 Å².